The molecule has 0 bridgehead atoms. The SMILES string of the molecule is CCC(=O)C(C)Cc1cc(OC)ccc1Br. The van der Waals surface area contributed by atoms with Crippen LogP contribution in [-0.2, 0) is 11.2 Å². The Balaban J connectivity index is 2.83. The van der Waals surface area contributed by atoms with E-state index in [1.807, 2.05) is 32.0 Å². The lowest BCUT2D eigenvalue weighted by Crippen LogP contribution is -2.12. The van der Waals surface area contributed by atoms with Crippen molar-refractivity contribution in [2.75, 3.05) is 7.11 Å². The van der Waals surface area contributed by atoms with Crippen molar-refractivity contribution in [1.29, 1.82) is 0 Å². The second-order valence-electron chi connectivity index (χ2n) is 3.88. The lowest BCUT2D eigenvalue weighted by molar-refractivity contribution is -0.122. The Bertz CT molecular complexity index is 374. The number of hydrogen-bond acceptors (Lipinski definition) is 2. The number of ether oxygens (including phenoxy) is 1. The second-order valence-corrected chi connectivity index (χ2v) is 4.74. The van der Waals surface area contributed by atoms with Crippen molar-refractivity contribution in [3.63, 3.8) is 0 Å². The molecular weight excluding hydrogens is 268 g/mol. The molecule has 0 amide bonds. The molecule has 0 saturated heterocycles. The minimum Gasteiger partial charge on any atom is -0.497 e. The van der Waals surface area contributed by atoms with Crippen LogP contribution in [0.3, 0.4) is 0 Å². The first-order chi connectivity index (χ1) is 7.58. The molecule has 0 aromatic heterocycles. The first-order valence-electron chi connectivity index (χ1n) is 5.43. The van der Waals surface area contributed by atoms with E-state index >= 15 is 0 Å². The fraction of sp³-hybridized carbons (Fsp3) is 0.462. The van der Waals surface area contributed by atoms with Crippen LogP contribution in [0.25, 0.3) is 0 Å². The maximum absolute atomic E-state index is 11.5. The van der Waals surface area contributed by atoms with E-state index in [-0.39, 0.29) is 5.92 Å². The van der Waals surface area contributed by atoms with Gasteiger partial charge in [-0.05, 0) is 30.2 Å². The molecule has 0 N–H and O–H groups in total. The van der Waals surface area contributed by atoms with Gasteiger partial charge < -0.3 is 4.74 Å². The molecule has 0 heterocycles. The highest BCUT2D eigenvalue weighted by Crippen LogP contribution is 2.25. The monoisotopic (exact) mass is 284 g/mol. The first kappa shape index (κ1) is 13.2. The van der Waals surface area contributed by atoms with Gasteiger partial charge in [0.2, 0.25) is 0 Å². The molecule has 0 aliphatic heterocycles. The summed E-state index contributed by atoms with van der Waals surface area (Å²) in [7, 11) is 1.65. The van der Waals surface area contributed by atoms with Crippen LogP contribution < -0.4 is 4.74 Å². The van der Waals surface area contributed by atoms with E-state index in [9.17, 15) is 4.79 Å². The minimum atomic E-state index is 0.0633. The summed E-state index contributed by atoms with van der Waals surface area (Å²) in [5.74, 6) is 1.19. The van der Waals surface area contributed by atoms with Crippen molar-refractivity contribution in [2.24, 2.45) is 5.92 Å². The van der Waals surface area contributed by atoms with Crippen LogP contribution in [-0.4, -0.2) is 12.9 Å². The fourth-order valence-electron chi connectivity index (χ4n) is 1.63. The molecule has 88 valence electrons. The topological polar surface area (TPSA) is 26.3 Å². The number of rotatable bonds is 5. The molecule has 16 heavy (non-hydrogen) atoms. The molecule has 1 rings (SSSR count). The van der Waals surface area contributed by atoms with Crippen LogP contribution in [0.4, 0.5) is 0 Å². The molecule has 0 saturated carbocycles. The summed E-state index contributed by atoms with van der Waals surface area (Å²) < 4.78 is 6.20. The van der Waals surface area contributed by atoms with Gasteiger partial charge in [0.1, 0.15) is 11.5 Å². The average molecular weight is 285 g/mol. The fourth-order valence-corrected chi connectivity index (χ4v) is 2.04. The zero-order valence-corrected chi connectivity index (χ0v) is 11.5. The van der Waals surface area contributed by atoms with Crippen molar-refractivity contribution in [2.45, 2.75) is 26.7 Å². The standard InChI is InChI=1S/C13H17BrO2/c1-4-13(15)9(2)7-10-8-11(16-3)5-6-12(10)14/h5-6,8-9H,4,7H2,1-3H3. The van der Waals surface area contributed by atoms with E-state index in [2.05, 4.69) is 15.9 Å². The largest absolute Gasteiger partial charge is 0.497 e. The first-order valence-corrected chi connectivity index (χ1v) is 6.22. The number of ketones is 1. The highest BCUT2D eigenvalue weighted by atomic mass is 79.9. The molecule has 0 fully saturated rings. The van der Waals surface area contributed by atoms with Gasteiger partial charge in [0.05, 0.1) is 7.11 Å². The van der Waals surface area contributed by atoms with Crippen molar-refractivity contribution >= 4 is 21.7 Å². The molecule has 0 aliphatic rings. The van der Waals surface area contributed by atoms with Gasteiger partial charge in [-0.15, -0.1) is 0 Å². The average Bonchev–Trinajstić information content (AvgIpc) is 2.30. The zero-order valence-electron chi connectivity index (χ0n) is 9.92. The van der Waals surface area contributed by atoms with Gasteiger partial charge in [0, 0.05) is 16.8 Å². The number of methoxy groups -OCH3 is 1. The van der Waals surface area contributed by atoms with Crippen LogP contribution in [0.5, 0.6) is 5.75 Å². The van der Waals surface area contributed by atoms with Crippen LogP contribution in [0.1, 0.15) is 25.8 Å². The summed E-state index contributed by atoms with van der Waals surface area (Å²) in [6.07, 6.45) is 1.35. The molecule has 0 spiro atoms. The Morgan fingerprint density at radius 2 is 2.19 bits per heavy atom. The maximum atomic E-state index is 11.5. The molecule has 0 aliphatic carbocycles. The normalized spacial score (nSPS) is 12.2. The Labute approximate surface area is 105 Å². The quantitative estimate of drug-likeness (QED) is 0.826. The molecule has 3 heteroatoms. The van der Waals surface area contributed by atoms with Gasteiger partial charge in [-0.1, -0.05) is 29.8 Å². The lowest BCUT2D eigenvalue weighted by Gasteiger charge is -2.12. The molecule has 2 nitrogen and oxygen atoms in total. The van der Waals surface area contributed by atoms with E-state index in [1.165, 1.54) is 0 Å². The Hall–Kier alpha value is -0.830. The van der Waals surface area contributed by atoms with Gasteiger partial charge in [-0.3, -0.25) is 4.79 Å². The minimum absolute atomic E-state index is 0.0633. The highest BCUT2D eigenvalue weighted by Gasteiger charge is 2.13. The van der Waals surface area contributed by atoms with E-state index in [0.29, 0.717) is 12.2 Å². The number of carbonyl (C=O) groups excluding carboxylic acids is 1. The lowest BCUT2D eigenvalue weighted by atomic mass is 9.96. The number of hydrogen-bond donors (Lipinski definition) is 0. The second kappa shape index (κ2) is 6.04. The summed E-state index contributed by atoms with van der Waals surface area (Å²) in [5, 5.41) is 0. The van der Waals surface area contributed by atoms with Crippen molar-refractivity contribution in [1.82, 2.24) is 0 Å². The number of halogens is 1. The summed E-state index contributed by atoms with van der Waals surface area (Å²) in [5.41, 5.74) is 1.12. The number of carbonyl (C=O) groups is 1. The van der Waals surface area contributed by atoms with Crippen molar-refractivity contribution < 1.29 is 9.53 Å². The number of Topliss-reactive ketones (excluding diaryl/α,β-unsaturated/α-hetero) is 1. The molecule has 0 radical (unpaired) electrons. The van der Waals surface area contributed by atoms with Gasteiger partial charge in [0.15, 0.2) is 0 Å². The third-order valence-corrected chi connectivity index (χ3v) is 3.45. The molecule has 1 atom stereocenters. The van der Waals surface area contributed by atoms with Crippen molar-refractivity contribution in [3.05, 3.63) is 28.2 Å². The predicted octanol–water partition coefficient (Wildman–Crippen LogP) is 3.62. The smallest absolute Gasteiger partial charge is 0.135 e. The maximum Gasteiger partial charge on any atom is 0.135 e. The van der Waals surface area contributed by atoms with E-state index < -0.39 is 0 Å². The van der Waals surface area contributed by atoms with Crippen molar-refractivity contribution in [3.8, 4) is 5.75 Å². The summed E-state index contributed by atoms with van der Waals surface area (Å²) >= 11 is 3.49. The Morgan fingerprint density at radius 1 is 1.50 bits per heavy atom. The van der Waals surface area contributed by atoms with Gasteiger partial charge in [-0.25, -0.2) is 0 Å². The van der Waals surface area contributed by atoms with E-state index in [4.69, 9.17) is 4.74 Å². The Morgan fingerprint density at radius 3 is 2.75 bits per heavy atom. The molecule has 1 aromatic rings. The third kappa shape index (κ3) is 3.34. The zero-order chi connectivity index (χ0) is 12.1. The number of benzene rings is 1. The van der Waals surface area contributed by atoms with Gasteiger partial charge in [-0.2, -0.15) is 0 Å². The highest BCUT2D eigenvalue weighted by molar-refractivity contribution is 9.10. The third-order valence-electron chi connectivity index (χ3n) is 2.68. The van der Waals surface area contributed by atoms with Gasteiger partial charge in [0.25, 0.3) is 0 Å². The summed E-state index contributed by atoms with van der Waals surface area (Å²) in [6, 6.07) is 5.83. The molecule has 1 unspecified atom stereocenters. The van der Waals surface area contributed by atoms with Gasteiger partial charge >= 0.3 is 0 Å². The van der Waals surface area contributed by atoms with E-state index in [1.54, 1.807) is 7.11 Å². The molecule has 1 aromatic carbocycles. The predicted molar refractivity (Wildman–Crippen MR) is 68.9 cm³/mol. The summed E-state index contributed by atoms with van der Waals surface area (Å²) in [6.45, 7) is 3.87. The van der Waals surface area contributed by atoms with Crippen LogP contribution in [0.15, 0.2) is 22.7 Å². The van der Waals surface area contributed by atoms with Crippen LogP contribution >= 0.6 is 15.9 Å². The summed E-state index contributed by atoms with van der Waals surface area (Å²) in [4.78, 5) is 11.5. The van der Waals surface area contributed by atoms with E-state index in [0.717, 1.165) is 22.2 Å². The molecular formula is C13H17BrO2. The van der Waals surface area contributed by atoms with Crippen LogP contribution in [0, 0.1) is 5.92 Å². The Kier molecular flexibility index (Phi) is 5.00. The van der Waals surface area contributed by atoms with Crippen LogP contribution in [0.2, 0.25) is 0 Å².